The molecule has 3 aromatic rings. The van der Waals surface area contributed by atoms with Crippen LogP contribution in [0.3, 0.4) is 0 Å². The first-order chi connectivity index (χ1) is 11.9. The summed E-state index contributed by atoms with van der Waals surface area (Å²) in [6.45, 7) is 1.10. The molecule has 2 nitrogen and oxygen atoms in total. The van der Waals surface area contributed by atoms with Gasteiger partial charge < -0.3 is 5.32 Å². The minimum Gasteiger partial charge on any atom is -0.307 e. The van der Waals surface area contributed by atoms with Gasteiger partial charge in [0.05, 0.1) is 11.3 Å². The summed E-state index contributed by atoms with van der Waals surface area (Å²) < 4.78 is 50.6. The lowest BCUT2D eigenvalue weighted by atomic mass is 10.1. The third kappa shape index (κ3) is 4.64. The van der Waals surface area contributed by atoms with Crippen molar-refractivity contribution in [2.45, 2.75) is 19.3 Å². The molecule has 0 aliphatic carbocycles. The highest BCUT2D eigenvalue weighted by atomic mass is 32.1. The van der Waals surface area contributed by atoms with Gasteiger partial charge in [0.1, 0.15) is 10.8 Å². The fraction of sp³-hybridized carbons (Fsp3) is 0.167. The predicted molar refractivity (Wildman–Crippen MR) is 89.5 cm³/mol. The maximum atomic E-state index is 12.8. The van der Waals surface area contributed by atoms with E-state index in [1.54, 1.807) is 12.1 Å². The Hall–Kier alpha value is -2.25. The second kappa shape index (κ2) is 7.33. The van der Waals surface area contributed by atoms with Crippen LogP contribution in [0.5, 0.6) is 0 Å². The van der Waals surface area contributed by atoms with E-state index in [0.717, 1.165) is 23.4 Å². The van der Waals surface area contributed by atoms with Crippen molar-refractivity contribution in [1.82, 2.24) is 10.3 Å². The average molecular weight is 366 g/mol. The van der Waals surface area contributed by atoms with Crippen LogP contribution < -0.4 is 5.32 Å². The van der Waals surface area contributed by atoms with Crippen LogP contribution in [0.1, 0.15) is 16.8 Å². The number of nitrogens with zero attached hydrogens (tertiary/aromatic N) is 1. The molecular weight excluding hydrogens is 352 g/mol. The summed E-state index contributed by atoms with van der Waals surface area (Å²) in [5, 5.41) is 5.74. The maximum Gasteiger partial charge on any atom is 0.416 e. The van der Waals surface area contributed by atoms with Crippen molar-refractivity contribution in [2.75, 3.05) is 0 Å². The lowest BCUT2D eigenvalue weighted by Crippen LogP contribution is -2.12. The van der Waals surface area contributed by atoms with Crippen molar-refractivity contribution in [1.29, 1.82) is 0 Å². The molecule has 0 saturated carbocycles. The molecule has 25 heavy (non-hydrogen) atoms. The van der Waals surface area contributed by atoms with Gasteiger partial charge in [-0.1, -0.05) is 24.3 Å². The molecule has 0 bridgehead atoms. The molecule has 0 saturated heterocycles. The van der Waals surface area contributed by atoms with E-state index < -0.39 is 11.7 Å². The molecule has 2 aromatic carbocycles. The Balaban J connectivity index is 1.59. The second-order valence-corrected chi connectivity index (χ2v) is 6.31. The summed E-state index contributed by atoms with van der Waals surface area (Å²) in [7, 11) is 0. The zero-order valence-electron chi connectivity index (χ0n) is 13.0. The molecule has 0 unspecified atom stereocenters. The number of thiazole rings is 1. The maximum absolute atomic E-state index is 12.8. The topological polar surface area (TPSA) is 24.9 Å². The Morgan fingerprint density at radius 1 is 0.920 bits per heavy atom. The SMILES string of the molecule is Fc1ccc(CNCc2csc(-c3ccc(C(F)(F)F)cc3)n2)cc1. The third-order valence-corrected chi connectivity index (χ3v) is 4.50. The normalized spacial score (nSPS) is 11.7. The van der Waals surface area contributed by atoms with Gasteiger partial charge in [0.2, 0.25) is 0 Å². The van der Waals surface area contributed by atoms with Crippen LogP contribution in [0.2, 0.25) is 0 Å². The molecule has 3 rings (SSSR count). The van der Waals surface area contributed by atoms with E-state index in [2.05, 4.69) is 10.3 Å². The van der Waals surface area contributed by atoms with Crippen LogP contribution in [-0.2, 0) is 19.3 Å². The molecule has 0 spiro atoms. The summed E-state index contributed by atoms with van der Waals surface area (Å²) in [5.74, 6) is -0.274. The molecule has 0 atom stereocenters. The van der Waals surface area contributed by atoms with Gasteiger partial charge in [-0.25, -0.2) is 9.37 Å². The van der Waals surface area contributed by atoms with Crippen molar-refractivity contribution in [3.63, 3.8) is 0 Å². The highest BCUT2D eigenvalue weighted by Gasteiger charge is 2.30. The first-order valence-corrected chi connectivity index (χ1v) is 8.37. The molecule has 0 aliphatic heterocycles. The molecule has 0 aliphatic rings. The summed E-state index contributed by atoms with van der Waals surface area (Å²) in [6.07, 6.45) is -4.34. The highest BCUT2D eigenvalue weighted by molar-refractivity contribution is 7.13. The number of benzene rings is 2. The van der Waals surface area contributed by atoms with Gasteiger partial charge in [-0.2, -0.15) is 13.2 Å². The Labute approximate surface area is 146 Å². The van der Waals surface area contributed by atoms with Crippen molar-refractivity contribution in [3.05, 3.63) is 76.5 Å². The number of nitrogens with one attached hydrogen (secondary N) is 1. The molecular formula is C18H14F4N2S. The van der Waals surface area contributed by atoms with E-state index >= 15 is 0 Å². The lowest BCUT2D eigenvalue weighted by molar-refractivity contribution is -0.137. The quantitative estimate of drug-likeness (QED) is 0.623. The number of hydrogen-bond acceptors (Lipinski definition) is 3. The van der Waals surface area contributed by atoms with Gasteiger partial charge in [0.25, 0.3) is 0 Å². The first-order valence-electron chi connectivity index (χ1n) is 7.49. The van der Waals surface area contributed by atoms with Gasteiger partial charge in [-0.15, -0.1) is 11.3 Å². The molecule has 0 fully saturated rings. The standard InChI is InChI=1S/C18H14F4N2S/c19-15-7-1-12(2-8-15)9-23-10-16-11-25-17(24-16)13-3-5-14(6-4-13)18(20,21)22/h1-8,11,23H,9-10H2. The average Bonchev–Trinajstić information content (AvgIpc) is 3.05. The fourth-order valence-electron chi connectivity index (χ4n) is 2.26. The van der Waals surface area contributed by atoms with Crippen LogP contribution in [0, 0.1) is 5.82 Å². The minimum atomic E-state index is -4.34. The summed E-state index contributed by atoms with van der Waals surface area (Å²) in [5.41, 5.74) is 1.75. The fourth-order valence-corrected chi connectivity index (χ4v) is 3.09. The van der Waals surface area contributed by atoms with Gasteiger partial charge in [0.15, 0.2) is 0 Å². The van der Waals surface area contributed by atoms with E-state index in [4.69, 9.17) is 0 Å². The molecule has 0 amide bonds. The van der Waals surface area contributed by atoms with Gasteiger partial charge in [-0.3, -0.25) is 0 Å². The van der Waals surface area contributed by atoms with E-state index in [0.29, 0.717) is 23.7 Å². The molecule has 130 valence electrons. The largest absolute Gasteiger partial charge is 0.416 e. The Morgan fingerprint density at radius 3 is 2.24 bits per heavy atom. The smallest absolute Gasteiger partial charge is 0.307 e. The molecule has 1 heterocycles. The Kier molecular flexibility index (Phi) is 5.15. The van der Waals surface area contributed by atoms with Gasteiger partial charge >= 0.3 is 6.18 Å². The van der Waals surface area contributed by atoms with Crippen molar-refractivity contribution in [3.8, 4) is 10.6 Å². The van der Waals surface area contributed by atoms with Crippen LogP contribution in [0.15, 0.2) is 53.9 Å². The molecule has 0 radical (unpaired) electrons. The van der Waals surface area contributed by atoms with Crippen LogP contribution in [0.25, 0.3) is 10.6 Å². The van der Waals surface area contributed by atoms with Gasteiger partial charge in [-0.05, 0) is 29.8 Å². The second-order valence-electron chi connectivity index (χ2n) is 5.45. The third-order valence-electron chi connectivity index (χ3n) is 3.56. The van der Waals surface area contributed by atoms with E-state index in [1.807, 2.05) is 5.38 Å². The van der Waals surface area contributed by atoms with Crippen LogP contribution in [-0.4, -0.2) is 4.98 Å². The van der Waals surface area contributed by atoms with Crippen molar-refractivity contribution in [2.24, 2.45) is 0 Å². The number of hydrogen-bond donors (Lipinski definition) is 1. The zero-order valence-corrected chi connectivity index (χ0v) is 13.8. The van der Waals surface area contributed by atoms with E-state index in [-0.39, 0.29) is 5.82 Å². The minimum absolute atomic E-state index is 0.274. The number of rotatable bonds is 5. The molecule has 1 N–H and O–H groups in total. The first kappa shape index (κ1) is 17.6. The predicted octanol–water partition coefficient (Wildman–Crippen LogP) is 5.26. The Bertz CT molecular complexity index is 824. The molecule has 1 aromatic heterocycles. The summed E-state index contributed by atoms with van der Waals surface area (Å²) >= 11 is 1.38. The van der Waals surface area contributed by atoms with Crippen molar-refractivity contribution >= 4 is 11.3 Å². The summed E-state index contributed by atoms with van der Waals surface area (Å²) in [4.78, 5) is 4.43. The van der Waals surface area contributed by atoms with Crippen LogP contribution >= 0.6 is 11.3 Å². The van der Waals surface area contributed by atoms with E-state index in [1.165, 1.54) is 35.6 Å². The van der Waals surface area contributed by atoms with Crippen LogP contribution in [0.4, 0.5) is 17.6 Å². The number of alkyl halides is 3. The van der Waals surface area contributed by atoms with Crippen molar-refractivity contribution < 1.29 is 17.6 Å². The van der Waals surface area contributed by atoms with Gasteiger partial charge in [0, 0.05) is 24.0 Å². The van der Waals surface area contributed by atoms with E-state index in [9.17, 15) is 17.6 Å². The number of aromatic nitrogens is 1. The highest BCUT2D eigenvalue weighted by Crippen LogP contribution is 2.31. The number of halogens is 4. The lowest BCUT2D eigenvalue weighted by Gasteiger charge is -2.06. The Morgan fingerprint density at radius 2 is 1.60 bits per heavy atom. The monoisotopic (exact) mass is 366 g/mol. The summed E-state index contributed by atoms with van der Waals surface area (Å²) in [6, 6.07) is 11.2. The zero-order chi connectivity index (χ0) is 17.9. The molecule has 7 heteroatoms.